The van der Waals surface area contributed by atoms with Crippen molar-refractivity contribution in [1.82, 2.24) is 10.2 Å². The predicted molar refractivity (Wildman–Crippen MR) is 80.6 cm³/mol. The molecule has 1 fully saturated rings. The number of piperazine rings is 1. The lowest BCUT2D eigenvalue weighted by Gasteiger charge is -2.36. The van der Waals surface area contributed by atoms with Crippen LogP contribution in [0.4, 0.5) is 0 Å². The van der Waals surface area contributed by atoms with Gasteiger partial charge < -0.3 is 10.2 Å². The van der Waals surface area contributed by atoms with Crippen LogP contribution in [0.2, 0.25) is 0 Å². The zero-order valence-corrected chi connectivity index (χ0v) is 12.9. The Balaban J connectivity index is 1.96. The fourth-order valence-electron chi connectivity index (χ4n) is 2.52. The average Bonchev–Trinajstić information content (AvgIpc) is 2.91. The molecule has 4 nitrogen and oxygen atoms in total. The number of nitrogens with zero attached hydrogens (tertiary/aromatic N) is 1. The maximum atomic E-state index is 12.4. The second kappa shape index (κ2) is 6.88. The molecule has 1 aliphatic heterocycles. The van der Waals surface area contributed by atoms with Crippen molar-refractivity contribution in [2.75, 3.05) is 13.1 Å². The Hall–Kier alpha value is -1.36. The van der Waals surface area contributed by atoms with Gasteiger partial charge >= 0.3 is 0 Å². The van der Waals surface area contributed by atoms with E-state index in [-0.39, 0.29) is 17.9 Å². The molecule has 2 amide bonds. The van der Waals surface area contributed by atoms with Crippen LogP contribution in [0.1, 0.15) is 32.3 Å². The van der Waals surface area contributed by atoms with E-state index in [0.29, 0.717) is 25.4 Å². The summed E-state index contributed by atoms with van der Waals surface area (Å²) in [6.07, 6.45) is 1.98. The minimum atomic E-state index is -0.293. The van der Waals surface area contributed by atoms with E-state index >= 15 is 0 Å². The van der Waals surface area contributed by atoms with E-state index in [2.05, 4.69) is 24.5 Å². The highest BCUT2D eigenvalue weighted by Crippen LogP contribution is 2.17. The molecule has 0 bridgehead atoms. The molecule has 1 aromatic rings. The number of nitrogens with one attached hydrogen (secondary N) is 1. The second-order valence-corrected chi connectivity index (χ2v) is 6.44. The highest BCUT2D eigenvalue weighted by atomic mass is 32.1. The van der Waals surface area contributed by atoms with Crippen LogP contribution >= 0.6 is 11.3 Å². The predicted octanol–water partition coefficient (Wildman–Crippen LogP) is 2.05. The third-order valence-electron chi connectivity index (χ3n) is 3.55. The molecule has 1 saturated heterocycles. The summed E-state index contributed by atoms with van der Waals surface area (Å²) in [6.45, 7) is 5.36. The lowest BCUT2D eigenvalue weighted by atomic mass is 9.99. The summed E-state index contributed by atoms with van der Waals surface area (Å²) in [4.78, 5) is 26.1. The Morgan fingerprint density at radius 1 is 1.55 bits per heavy atom. The summed E-state index contributed by atoms with van der Waals surface area (Å²) >= 11 is 1.65. The summed E-state index contributed by atoms with van der Waals surface area (Å²) < 4.78 is 0. The van der Waals surface area contributed by atoms with Gasteiger partial charge in [0.05, 0.1) is 0 Å². The topological polar surface area (TPSA) is 49.4 Å². The Morgan fingerprint density at radius 3 is 3.00 bits per heavy atom. The summed E-state index contributed by atoms with van der Waals surface area (Å²) in [5.74, 6) is 0.488. The first kappa shape index (κ1) is 15.0. The molecule has 0 saturated carbocycles. The lowest BCUT2D eigenvalue weighted by Crippen LogP contribution is -2.57. The van der Waals surface area contributed by atoms with Crippen LogP contribution in [0.3, 0.4) is 0 Å². The molecule has 1 aliphatic rings. The molecule has 1 atom stereocenters. The first-order valence-corrected chi connectivity index (χ1v) is 8.10. The summed E-state index contributed by atoms with van der Waals surface area (Å²) in [5.41, 5.74) is 1.20. The van der Waals surface area contributed by atoms with Crippen molar-refractivity contribution >= 4 is 23.2 Å². The van der Waals surface area contributed by atoms with Crippen molar-refractivity contribution in [2.24, 2.45) is 5.92 Å². The van der Waals surface area contributed by atoms with Crippen molar-refractivity contribution in [2.45, 2.75) is 39.2 Å². The molecular formula is C15H22N2O2S. The summed E-state index contributed by atoms with van der Waals surface area (Å²) in [6, 6.07) is 1.76. The van der Waals surface area contributed by atoms with Gasteiger partial charge in [-0.25, -0.2) is 0 Å². The van der Waals surface area contributed by atoms with E-state index in [1.165, 1.54) is 5.56 Å². The maximum Gasteiger partial charge on any atom is 0.242 e. The fourth-order valence-corrected chi connectivity index (χ4v) is 3.23. The Kier molecular flexibility index (Phi) is 5.17. The van der Waals surface area contributed by atoms with Gasteiger partial charge in [-0.15, -0.1) is 0 Å². The van der Waals surface area contributed by atoms with Crippen molar-refractivity contribution in [1.29, 1.82) is 0 Å². The lowest BCUT2D eigenvalue weighted by molar-refractivity contribution is -0.143. The Labute approximate surface area is 124 Å². The molecule has 1 unspecified atom stereocenters. The summed E-state index contributed by atoms with van der Waals surface area (Å²) in [7, 11) is 0. The smallest absolute Gasteiger partial charge is 0.242 e. The number of thiophene rings is 1. The molecule has 1 N–H and O–H groups in total. The van der Waals surface area contributed by atoms with Crippen LogP contribution in [0, 0.1) is 5.92 Å². The van der Waals surface area contributed by atoms with Gasteiger partial charge in [-0.2, -0.15) is 11.3 Å². The van der Waals surface area contributed by atoms with Crippen LogP contribution < -0.4 is 5.32 Å². The Morgan fingerprint density at radius 2 is 2.35 bits per heavy atom. The zero-order chi connectivity index (χ0) is 14.5. The van der Waals surface area contributed by atoms with Crippen molar-refractivity contribution < 1.29 is 9.59 Å². The van der Waals surface area contributed by atoms with Gasteiger partial charge in [0.1, 0.15) is 6.04 Å². The molecule has 2 rings (SSSR count). The Bertz CT molecular complexity index is 456. The van der Waals surface area contributed by atoms with E-state index in [1.54, 1.807) is 16.2 Å². The SMILES string of the molecule is CC(C)CC1C(=O)NCCN1C(=O)CCc1ccsc1. The van der Waals surface area contributed by atoms with Gasteiger partial charge in [0, 0.05) is 19.5 Å². The molecule has 110 valence electrons. The molecule has 20 heavy (non-hydrogen) atoms. The monoisotopic (exact) mass is 294 g/mol. The maximum absolute atomic E-state index is 12.4. The number of hydrogen-bond acceptors (Lipinski definition) is 3. The third-order valence-corrected chi connectivity index (χ3v) is 4.29. The van der Waals surface area contributed by atoms with Crippen molar-refractivity contribution in [3.05, 3.63) is 22.4 Å². The normalized spacial score (nSPS) is 19.2. The van der Waals surface area contributed by atoms with E-state index < -0.39 is 0 Å². The van der Waals surface area contributed by atoms with Gasteiger partial charge in [-0.05, 0) is 41.1 Å². The van der Waals surface area contributed by atoms with E-state index in [0.717, 1.165) is 12.8 Å². The number of carbonyl (C=O) groups is 2. The van der Waals surface area contributed by atoms with E-state index in [1.807, 2.05) is 11.4 Å². The largest absolute Gasteiger partial charge is 0.353 e. The van der Waals surface area contributed by atoms with Crippen LogP contribution in [-0.4, -0.2) is 35.8 Å². The minimum Gasteiger partial charge on any atom is -0.353 e. The highest BCUT2D eigenvalue weighted by Gasteiger charge is 2.32. The number of rotatable bonds is 5. The van der Waals surface area contributed by atoms with Gasteiger partial charge in [0.25, 0.3) is 0 Å². The number of amides is 2. The third kappa shape index (κ3) is 3.82. The van der Waals surface area contributed by atoms with Gasteiger partial charge in [0.15, 0.2) is 0 Å². The van der Waals surface area contributed by atoms with Gasteiger partial charge in [0.2, 0.25) is 11.8 Å². The van der Waals surface area contributed by atoms with Crippen molar-refractivity contribution in [3.63, 3.8) is 0 Å². The van der Waals surface area contributed by atoms with E-state index in [4.69, 9.17) is 0 Å². The molecule has 0 radical (unpaired) electrons. The van der Waals surface area contributed by atoms with Crippen LogP contribution in [0.15, 0.2) is 16.8 Å². The zero-order valence-electron chi connectivity index (χ0n) is 12.1. The highest BCUT2D eigenvalue weighted by molar-refractivity contribution is 7.07. The number of aryl methyl sites for hydroxylation is 1. The second-order valence-electron chi connectivity index (χ2n) is 5.66. The van der Waals surface area contributed by atoms with Gasteiger partial charge in [-0.3, -0.25) is 9.59 Å². The summed E-state index contributed by atoms with van der Waals surface area (Å²) in [5, 5.41) is 6.96. The quantitative estimate of drug-likeness (QED) is 0.903. The molecule has 0 aromatic carbocycles. The first-order chi connectivity index (χ1) is 9.58. The average molecular weight is 294 g/mol. The van der Waals surface area contributed by atoms with Crippen molar-refractivity contribution in [3.8, 4) is 0 Å². The molecule has 5 heteroatoms. The van der Waals surface area contributed by atoms with Crippen LogP contribution in [-0.2, 0) is 16.0 Å². The number of carbonyl (C=O) groups excluding carboxylic acids is 2. The fraction of sp³-hybridized carbons (Fsp3) is 0.600. The standard InChI is InChI=1S/C15H22N2O2S/c1-11(2)9-13-15(19)16-6-7-17(13)14(18)4-3-12-5-8-20-10-12/h5,8,10-11,13H,3-4,6-7,9H2,1-2H3,(H,16,19). The van der Waals surface area contributed by atoms with Crippen LogP contribution in [0.25, 0.3) is 0 Å². The minimum absolute atomic E-state index is 0.00571. The molecule has 0 aliphatic carbocycles. The molecule has 2 heterocycles. The number of hydrogen-bond donors (Lipinski definition) is 1. The van der Waals surface area contributed by atoms with Gasteiger partial charge in [-0.1, -0.05) is 13.8 Å². The van der Waals surface area contributed by atoms with E-state index in [9.17, 15) is 9.59 Å². The first-order valence-electron chi connectivity index (χ1n) is 7.16. The molecule has 0 spiro atoms. The van der Waals surface area contributed by atoms with Crippen LogP contribution in [0.5, 0.6) is 0 Å². The molecule has 1 aromatic heterocycles. The molecular weight excluding hydrogens is 272 g/mol.